The lowest BCUT2D eigenvalue weighted by atomic mass is 10.0. The summed E-state index contributed by atoms with van der Waals surface area (Å²) in [6.45, 7) is 6.57. The Hall–Kier alpha value is -4.28. The van der Waals surface area contributed by atoms with Crippen LogP contribution in [0.4, 0.5) is 0 Å². The van der Waals surface area contributed by atoms with Crippen molar-refractivity contribution in [2.45, 2.75) is 20.8 Å². The quantitative estimate of drug-likeness (QED) is 0.218. The Morgan fingerprint density at radius 1 is 0.737 bits per heavy atom. The van der Waals surface area contributed by atoms with Crippen LogP contribution in [0.25, 0.3) is 59.7 Å². The van der Waals surface area contributed by atoms with E-state index < -0.39 is 0 Å². The Morgan fingerprint density at radius 3 is 2.29 bits per heavy atom. The van der Waals surface area contributed by atoms with Crippen LogP contribution in [0.15, 0.2) is 97.1 Å². The first-order valence-corrected chi connectivity index (χ1v) is 13.8. The lowest BCUT2D eigenvalue weighted by Gasteiger charge is -2.09. The summed E-state index contributed by atoms with van der Waals surface area (Å²) in [6, 6.07) is 34.9. The van der Waals surface area contributed by atoms with Gasteiger partial charge in [0.05, 0.1) is 22.8 Å². The maximum Gasteiger partial charge on any atom is 0.295 e. The number of rotatable bonds is 3. The third-order valence-electron chi connectivity index (χ3n) is 7.69. The zero-order valence-corrected chi connectivity index (χ0v) is 22.8. The van der Waals surface area contributed by atoms with Gasteiger partial charge in [0.25, 0.3) is 5.82 Å². The number of nitrogens with zero attached hydrogens (tertiary/aromatic N) is 3. The third-order valence-corrected chi connectivity index (χ3v) is 8.73. The molecule has 0 aliphatic rings. The van der Waals surface area contributed by atoms with Crippen molar-refractivity contribution in [2.24, 2.45) is 7.05 Å². The molecule has 0 radical (unpaired) electrons. The van der Waals surface area contributed by atoms with E-state index in [0.29, 0.717) is 0 Å². The van der Waals surface area contributed by atoms with E-state index in [1.165, 1.54) is 60.0 Å². The van der Waals surface area contributed by atoms with Crippen LogP contribution in [0.5, 0.6) is 0 Å². The minimum atomic E-state index is 1.04. The Morgan fingerprint density at radius 2 is 1.45 bits per heavy atom. The maximum atomic E-state index is 5.17. The standard InChI is InChI=1S/C34H28N3S/c1-21-11-9-12-22(2)32(21)33-35-27-20-26(23(3)19-31(27)38-33)34-36(4)29-16-7-8-17-30(29)37(34)28-18-10-14-24-13-5-6-15-25(24)28/h5-20H,1-4H3/q+1. The lowest BCUT2D eigenvalue weighted by Crippen LogP contribution is -2.30. The predicted molar refractivity (Wildman–Crippen MR) is 160 cm³/mol. The van der Waals surface area contributed by atoms with Gasteiger partial charge in [-0.05, 0) is 73.2 Å². The van der Waals surface area contributed by atoms with Gasteiger partial charge in [-0.15, -0.1) is 11.3 Å². The van der Waals surface area contributed by atoms with Gasteiger partial charge in [0.2, 0.25) is 0 Å². The molecule has 0 amide bonds. The summed E-state index contributed by atoms with van der Waals surface area (Å²) in [4.78, 5) is 5.17. The van der Waals surface area contributed by atoms with Gasteiger partial charge in [0.1, 0.15) is 10.7 Å². The fourth-order valence-electron chi connectivity index (χ4n) is 5.84. The van der Waals surface area contributed by atoms with Gasteiger partial charge in [0.15, 0.2) is 11.0 Å². The number of hydrogen-bond donors (Lipinski definition) is 0. The van der Waals surface area contributed by atoms with Crippen LogP contribution in [0.3, 0.4) is 0 Å². The number of fused-ring (bicyclic) bond motifs is 3. The van der Waals surface area contributed by atoms with Crippen molar-refractivity contribution in [1.82, 2.24) is 9.55 Å². The monoisotopic (exact) mass is 510 g/mol. The molecule has 0 spiro atoms. The SMILES string of the molecule is Cc1cc2sc(-c3c(C)cccc3C)nc2cc1-c1n(-c2cccc3ccccc23)c2ccccc2[n+]1C. The highest BCUT2D eigenvalue weighted by Gasteiger charge is 2.28. The first kappa shape index (κ1) is 22.9. The number of imidazole rings is 1. The highest BCUT2D eigenvalue weighted by atomic mass is 32.1. The minimum absolute atomic E-state index is 1.04. The Kier molecular flexibility index (Phi) is 5.20. The van der Waals surface area contributed by atoms with Crippen molar-refractivity contribution < 1.29 is 4.57 Å². The van der Waals surface area contributed by atoms with Crippen LogP contribution in [-0.4, -0.2) is 9.55 Å². The van der Waals surface area contributed by atoms with Crippen LogP contribution in [0, 0.1) is 20.8 Å². The van der Waals surface area contributed by atoms with Crippen LogP contribution >= 0.6 is 11.3 Å². The van der Waals surface area contributed by atoms with E-state index in [4.69, 9.17) is 4.98 Å². The summed E-state index contributed by atoms with van der Waals surface area (Å²) in [5.41, 5.74) is 10.8. The van der Waals surface area contributed by atoms with E-state index in [2.05, 4.69) is 134 Å². The second kappa shape index (κ2) is 8.64. The second-order valence-electron chi connectivity index (χ2n) is 10.1. The average molecular weight is 511 g/mol. The Labute approximate surface area is 226 Å². The summed E-state index contributed by atoms with van der Waals surface area (Å²) in [6.07, 6.45) is 0. The second-order valence-corrected chi connectivity index (χ2v) is 11.2. The molecule has 38 heavy (non-hydrogen) atoms. The molecule has 0 saturated heterocycles. The fourth-order valence-corrected chi connectivity index (χ4v) is 7.06. The molecule has 0 fully saturated rings. The van der Waals surface area contributed by atoms with Gasteiger partial charge < -0.3 is 0 Å². The third kappa shape index (κ3) is 3.41. The smallest absolute Gasteiger partial charge is 0.236 e. The molecule has 0 bridgehead atoms. The number of benzene rings is 5. The molecular weight excluding hydrogens is 482 g/mol. The van der Waals surface area contributed by atoms with Crippen molar-refractivity contribution >= 4 is 43.4 Å². The van der Waals surface area contributed by atoms with Crippen molar-refractivity contribution in [3.8, 4) is 27.6 Å². The topological polar surface area (TPSA) is 21.7 Å². The summed E-state index contributed by atoms with van der Waals surface area (Å²) < 4.78 is 5.97. The number of aryl methyl sites for hydroxylation is 4. The van der Waals surface area contributed by atoms with Gasteiger partial charge in [-0.1, -0.05) is 66.7 Å². The molecule has 4 heteroatoms. The number of hydrogen-bond acceptors (Lipinski definition) is 2. The molecule has 0 N–H and O–H groups in total. The van der Waals surface area contributed by atoms with Crippen LogP contribution < -0.4 is 4.57 Å². The molecular formula is C34H28N3S+. The summed E-state index contributed by atoms with van der Waals surface area (Å²) in [7, 11) is 2.17. The highest BCUT2D eigenvalue weighted by Crippen LogP contribution is 2.38. The largest absolute Gasteiger partial charge is 0.295 e. The Bertz CT molecular complexity index is 2000. The first-order valence-electron chi connectivity index (χ1n) is 13.0. The maximum absolute atomic E-state index is 5.17. The first-order chi connectivity index (χ1) is 18.5. The molecule has 7 rings (SSSR count). The van der Waals surface area contributed by atoms with Gasteiger partial charge in [-0.2, -0.15) is 4.57 Å². The molecule has 0 unspecified atom stereocenters. The molecule has 0 aliphatic heterocycles. The van der Waals surface area contributed by atoms with E-state index in [0.717, 1.165) is 16.3 Å². The summed E-state index contributed by atoms with van der Waals surface area (Å²) in [5, 5.41) is 3.56. The van der Waals surface area contributed by atoms with E-state index in [-0.39, 0.29) is 0 Å². The number of aromatic nitrogens is 3. The van der Waals surface area contributed by atoms with Crippen molar-refractivity contribution in [2.75, 3.05) is 0 Å². The van der Waals surface area contributed by atoms with Crippen molar-refractivity contribution in [3.05, 3.63) is 114 Å². The van der Waals surface area contributed by atoms with Gasteiger partial charge in [-0.3, -0.25) is 0 Å². The molecule has 0 aliphatic carbocycles. The highest BCUT2D eigenvalue weighted by molar-refractivity contribution is 7.21. The zero-order chi connectivity index (χ0) is 26.0. The van der Waals surface area contributed by atoms with Crippen molar-refractivity contribution in [3.63, 3.8) is 0 Å². The molecule has 184 valence electrons. The van der Waals surface area contributed by atoms with Crippen LogP contribution in [-0.2, 0) is 7.05 Å². The predicted octanol–water partition coefficient (Wildman–Crippen LogP) is 8.48. The van der Waals surface area contributed by atoms with Gasteiger partial charge in [-0.25, -0.2) is 9.55 Å². The molecule has 2 aromatic heterocycles. The molecule has 0 saturated carbocycles. The lowest BCUT2D eigenvalue weighted by molar-refractivity contribution is -0.633. The van der Waals surface area contributed by atoms with Crippen LogP contribution in [0.1, 0.15) is 16.7 Å². The van der Waals surface area contributed by atoms with E-state index in [9.17, 15) is 0 Å². The van der Waals surface area contributed by atoms with Gasteiger partial charge in [0, 0.05) is 10.9 Å². The van der Waals surface area contributed by atoms with E-state index in [1.54, 1.807) is 11.3 Å². The minimum Gasteiger partial charge on any atom is -0.236 e. The number of thiazole rings is 1. The van der Waals surface area contributed by atoms with Gasteiger partial charge >= 0.3 is 0 Å². The molecule has 5 aromatic carbocycles. The fraction of sp³-hybridized carbons (Fsp3) is 0.118. The number of para-hydroxylation sites is 2. The summed E-state index contributed by atoms with van der Waals surface area (Å²) >= 11 is 1.78. The van der Waals surface area contributed by atoms with E-state index in [1.807, 2.05) is 0 Å². The molecule has 2 heterocycles. The normalized spacial score (nSPS) is 11.7. The van der Waals surface area contributed by atoms with E-state index >= 15 is 0 Å². The molecule has 0 atom stereocenters. The van der Waals surface area contributed by atoms with Crippen LogP contribution in [0.2, 0.25) is 0 Å². The van der Waals surface area contributed by atoms with Crippen molar-refractivity contribution in [1.29, 1.82) is 0 Å². The average Bonchev–Trinajstić information content (AvgIpc) is 3.45. The zero-order valence-electron chi connectivity index (χ0n) is 22.0. The summed E-state index contributed by atoms with van der Waals surface area (Å²) in [5.74, 6) is 1.16. The molecule has 7 aromatic rings. The Balaban J connectivity index is 1.53. The molecule has 3 nitrogen and oxygen atoms in total.